The molecule has 0 radical (unpaired) electrons. The molecule has 1 saturated heterocycles. The number of rotatable bonds is 0. The van der Waals surface area contributed by atoms with Gasteiger partial charge in [-0.25, -0.2) is 0 Å². The van der Waals surface area contributed by atoms with E-state index in [0.29, 0.717) is 6.42 Å². The van der Waals surface area contributed by atoms with Crippen LogP contribution in [0.25, 0.3) is 0 Å². The maximum absolute atomic E-state index is 11.8. The molecule has 0 N–H and O–H groups in total. The van der Waals surface area contributed by atoms with Gasteiger partial charge in [0.05, 0.1) is 23.0 Å². The third kappa shape index (κ3) is 0.416. The lowest BCUT2D eigenvalue weighted by molar-refractivity contribution is -0.128. The smallest absolute Gasteiger partial charge is 0.166 e. The first-order valence-corrected chi connectivity index (χ1v) is 4.82. The van der Waals surface area contributed by atoms with Crippen molar-refractivity contribution in [2.75, 3.05) is 0 Å². The van der Waals surface area contributed by atoms with Gasteiger partial charge in [0.15, 0.2) is 11.6 Å². The highest BCUT2D eigenvalue weighted by Gasteiger charge is 2.86. The van der Waals surface area contributed by atoms with Crippen molar-refractivity contribution in [3.05, 3.63) is 24.3 Å². The molecule has 70 valence electrons. The SMILES string of the molecule is O=C1C=CC(=O)[C@@]23C[C@@]12[C@H]1C=C[C@@H]3O1. The average Bonchev–Trinajstić information content (AvgIpc) is 2.62. The van der Waals surface area contributed by atoms with Crippen molar-refractivity contribution >= 4 is 11.6 Å². The summed E-state index contributed by atoms with van der Waals surface area (Å²) < 4.78 is 5.61. The maximum Gasteiger partial charge on any atom is 0.166 e. The Morgan fingerprint density at radius 2 is 1.57 bits per heavy atom. The molecule has 0 amide bonds. The van der Waals surface area contributed by atoms with E-state index in [9.17, 15) is 9.59 Å². The first-order valence-electron chi connectivity index (χ1n) is 4.82. The molecule has 3 nitrogen and oxygen atoms in total. The Balaban J connectivity index is 2.02. The number of ketones is 2. The molecule has 2 aliphatic carbocycles. The van der Waals surface area contributed by atoms with Crippen LogP contribution in [-0.2, 0) is 14.3 Å². The fourth-order valence-electron chi connectivity index (χ4n) is 3.46. The molecule has 0 spiro atoms. The summed E-state index contributed by atoms with van der Waals surface area (Å²) in [4.78, 5) is 23.6. The van der Waals surface area contributed by atoms with Crippen molar-refractivity contribution in [3.8, 4) is 0 Å². The molecule has 1 saturated carbocycles. The molecule has 14 heavy (non-hydrogen) atoms. The Morgan fingerprint density at radius 3 is 2.07 bits per heavy atom. The largest absolute Gasteiger partial charge is 0.365 e. The molecule has 2 aliphatic heterocycles. The van der Waals surface area contributed by atoms with Crippen LogP contribution in [0.1, 0.15) is 6.42 Å². The molecule has 0 aromatic heterocycles. The number of allylic oxidation sites excluding steroid dienone is 2. The minimum Gasteiger partial charge on any atom is -0.365 e. The summed E-state index contributed by atoms with van der Waals surface area (Å²) in [5, 5.41) is 0. The zero-order chi connectivity index (χ0) is 9.55. The number of carbonyl (C=O) groups is 2. The number of hydrogen-bond acceptors (Lipinski definition) is 3. The number of carbonyl (C=O) groups excluding carboxylic acids is 2. The second kappa shape index (κ2) is 1.65. The molecule has 0 unspecified atom stereocenters. The summed E-state index contributed by atoms with van der Waals surface area (Å²) in [5.74, 6) is 0.155. The van der Waals surface area contributed by atoms with E-state index in [4.69, 9.17) is 4.74 Å². The van der Waals surface area contributed by atoms with E-state index in [0.717, 1.165) is 0 Å². The van der Waals surface area contributed by atoms with Crippen molar-refractivity contribution in [3.63, 3.8) is 0 Å². The Bertz CT molecular complexity index is 409. The summed E-state index contributed by atoms with van der Waals surface area (Å²) in [6.45, 7) is 0. The van der Waals surface area contributed by atoms with E-state index in [1.165, 1.54) is 12.2 Å². The van der Waals surface area contributed by atoms with Crippen LogP contribution in [0, 0.1) is 10.8 Å². The summed E-state index contributed by atoms with van der Waals surface area (Å²) in [6, 6.07) is 0. The Kier molecular flexibility index (Phi) is 0.841. The van der Waals surface area contributed by atoms with Gasteiger partial charge in [-0.05, 0) is 18.6 Å². The van der Waals surface area contributed by atoms with Gasteiger partial charge in [0.1, 0.15) is 0 Å². The molecule has 2 fully saturated rings. The quantitative estimate of drug-likeness (QED) is 0.517. The molecule has 0 aromatic carbocycles. The van der Waals surface area contributed by atoms with E-state index in [1.807, 2.05) is 12.2 Å². The van der Waals surface area contributed by atoms with Crippen LogP contribution < -0.4 is 0 Å². The lowest BCUT2D eigenvalue weighted by Crippen LogP contribution is -2.37. The zero-order valence-corrected chi connectivity index (χ0v) is 7.40. The summed E-state index contributed by atoms with van der Waals surface area (Å²) in [5.41, 5.74) is -1.00. The summed E-state index contributed by atoms with van der Waals surface area (Å²) in [7, 11) is 0. The van der Waals surface area contributed by atoms with Crippen LogP contribution in [0.15, 0.2) is 24.3 Å². The molecular weight excluding hydrogens is 180 g/mol. The van der Waals surface area contributed by atoms with Gasteiger partial charge in [-0.15, -0.1) is 0 Å². The Morgan fingerprint density at radius 1 is 1.07 bits per heavy atom. The molecule has 2 bridgehead atoms. The lowest BCUT2D eigenvalue weighted by Gasteiger charge is -2.22. The van der Waals surface area contributed by atoms with Crippen molar-refractivity contribution in [2.24, 2.45) is 10.8 Å². The van der Waals surface area contributed by atoms with Crippen LogP contribution >= 0.6 is 0 Å². The maximum atomic E-state index is 11.8. The van der Waals surface area contributed by atoms with Crippen LogP contribution in [0.2, 0.25) is 0 Å². The minimum absolute atomic E-state index is 0.0777. The van der Waals surface area contributed by atoms with E-state index >= 15 is 0 Å². The molecule has 2 heterocycles. The van der Waals surface area contributed by atoms with Crippen LogP contribution in [0.4, 0.5) is 0 Å². The molecule has 0 aromatic rings. The highest BCUT2D eigenvalue weighted by molar-refractivity contribution is 6.17. The van der Waals surface area contributed by atoms with E-state index in [-0.39, 0.29) is 23.8 Å². The third-order valence-electron chi connectivity index (χ3n) is 4.22. The van der Waals surface area contributed by atoms with Crippen LogP contribution in [-0.4, -0.2) is 23.8 Å². The van der Waals surface area contributed by atoms with Gasteiger partial charge in [0.2, 0.25) is 0 Å². The Hall–Kier alpha value is -1.22. The average molecular weight is 188 g/mol. The predicted molar refractivity (Wildman–Crippen MR) is 46.4 cm³/mol. The standard InChI is InChI=1S/C11H8O3/c12-6-1-2-7(13)11-5-10(6,11)8-3-4-9(11)14-8/h1-4,8-9H,5H2/t8-,9+,10+,11-. The van der Waals surface area contributed by atoms with Gasteiger partial charge in [-0.1, -0.05) is 12.2 Å². The number of fused-ring (bicyclic) bond motifs is 2. The van der Waals surface area contributed by atoms with Gasteiger partial charge >= 0.3 is 0 Å². The monoisotopic (exact) mass is 188 g/mol. The van der Waals surface area contributed by atoms with Crippen molar-refractivity contribution in [1.29, 1.82) is 0 Å². The third-order valence-corrected chi connectivity index (χ3v) is 4.22. The van der Waals surface area contributed by atoms with Gasteiger partial charge in [0.25, 0.3) is 0 Å². The van der Waals surface area contributed by atoms with Crippen molar-refractivity contribution in [1.82, 2.24) is 0 Å². The lowest BCUT2D eigenvalue weighted by atomic mass is 9.75. The second-order valence-electron chi connectivity index (χ2n) is 4.54. The fourth-order valence-corrected chi connectivity index (χ4v) is 3.46. The topological polar surface area (TPSA) is 43.4 Å². The van der Waals surface area contributed by atoms with Gasteiger partial charge in [-0.2, -0.15) is 0 Å². The highest BCUT2D eigenvalue weighted by Crippen LogP contribution is 2.77. The molecule has 4 rings (SSSR count). The number of ether oxygens (including phenoxy) is 1. The highest BCUT2D eigenvalue weighted by atomic mass is 16.5. The predicted octanol–water partition coefficient (Wildman–Crippen LogP) is 0.408. The van der Waals surface area contributed by atoms with Gasteiger partial charge < -0.3 is 4.74 Å². The molecule has 4 aliphatic rings. The van der Waals surface area contributed by atoms with E-state index < -0.39 is 10.8 Å². The van der Waals surface area contributed by atoms with Crippen molar-refractivity contribution in [2.45, 2.75) is 18.6 Å². The van der Waals surface area contributed by atoms with Gasteiger partial charge in [0, 0.05) is 0 Å². The summed E-state index contributed by atoms with van der Waals surface area (Å²) >= 11 is 0. The number of hydrogen-bond donors (Lipinski definition) is 0. The van der Waals surface area contributed by atoms with E-state index in [1.54, 1.807) is 0 Å². The van der Waals surface area contributed by atoms with Crippen LogP contribution in [0.3, 0.4) is 0 Å². The normalized spacial score (nSPS) is 56.3. The molecule has 3 heteroatoms. The first-order chi connectivity index (χ1) is 6.72. The fraction of sp³-hybridized carbons (Fsp3) is 0.455. The van der Waals surface area contributed by atoms with Gasteiger partial charge in [-0.3, -0.25) is 9.59 Å². The molecule has 4 atom stereocenters. The minimum atomic E-state index is -0.502. The first kappa shape index (κ1) is 7.12. The molecular formula is C11H8O3. The van der Waals surface area contributed by atoms with Crippen LogP contribution in [0.5, 0.6) is 0 Å². The van der Waals surface area contributed by atoms with E-state index in [2.05, 4.69) is 0 Å². The van der Waals surface area contributed by atoms with Crippen molar-refractivity contribution < 1.29 is 14.3 Å². The summed E-state index contributed by atoms with van der Waals surface area (Å²) in [6.07, 6.45) is 7.10. The second-order valence-corrected chi connectivity index (χ2v) is 4.54. The zero-order valence-electron chi connectivity index (χ0n) is 7.40. The Labute approximate surface area is 80.4 Å².